The fourth-order valence-corrected chi connectivity index (χ4v) is 6.75. The van der Waals surface area contributed by atoms with Gasteiger partial charge >= 0.3 is 0 Å². The second-order valence-corrected chi connectivity index (χ2v) is 13.6. The Morgan fingerprint density at radius 2 is 1.20 bits per heavy atom. The zero-order valence-corrected chi connectivity index (χ0v) is 31.0. The van der Waals surface area contributed by atoms with E-state index in [1.54, 1.807) is 53.3 Å². The van der Waals surface area contributed by atoms with Crippen molar-refractivity contribution in [2.24, 2.45) is 0 Å². The first-order valence-corrected chi connectivity index (χ1v) is 18.6. The minimum absolute atomic E-state index is 0.0266. The summed E-state index contributed by atoms with van der Waals surface area (Å²) in [7, 11) is 0. The first-order chi connectivity index (χ1) is 26.8. The molecule has 2 aliphatic heterocycles. The highest BCUT2D eigenvalue weighted by molar-refractivity contribution is 7.13. The minimum atomic E-state index is -0.545. The molecule has 2 aromatic heterocycles. The van der Waals surface area contributed by atoms with Crippen LogP contribution >= 0.6 is 34.3 Å². The van der Waals surface area contributed by atoms with Gasteiger partial charge in [0.05, 0.1) is 36.3 Å². The van der Waals surface area contributed by atoms with Gasteiger partial charge < -0.3 is 29.6 Å². The maximum absolute atomic E-state index is 11.5. The zero-order chi connectivity index (χ0) is 38.6. The second-order valence-electron chi connectivity index (χ2n) is 11.4. The van der Waals surface area contributed by atoms with E-state index in [9.17, 15) is 25.0 Å². The van der Waals surface area contributed by atoms with Gasteiger partial charge in [-0.05, 0) is 36.4 Å². The van der Waals surface area contributed by atoms with Crippen molar-refractivity contribution in [1.29, 1.82) is 0 Å². The number of nitrogens with one attached hydrogen (secondary N) is 2. The lowest BCUT2D eigenvalue weighted by molar-refractivity contribution is -0.384. The van der Waals surface area contributed by atoms with E-state index in [2.05, 4.69) is 20.6 Å². The number of amides is 1. The van der Waals surface area contributed by atoms with Gasteiger partial charge in [-0.25, -0.2) is 9.97 Å². The van der Waals surface area contributed by atoms with Crippen LogP contribution in [-0.4, -0.2) is 52.7 Å². The maximum atomic E-state index is 11.5. The molecule has 15 nitrogen and oxygen atoms in total. The van der Waals surface area contributed by atoms with Crippen LogP contribution in [-0.2, 0) is 23.7 Å². The third kappa shape index (κ3) is 10.5. The summed E-state index contributed by atoms with van der Waals surface area (Å²) in [5.74, 6) is 0. The number of carbonyl (C=O) groups is 1. The van der Waals surface area contributed by atoms with Crippen LogP contribution in [0, 0.1) is 20.2 Å². The fourth-order valence-electron chi connectivity index (χ4n) is 5.30. The molecule has 282 valence electrons. The lowest BCUT2D eigenvalue weighted by atomic mass is 10.1. The molecule has 2 fully saturated rings. The average Bonchev–Trinajstić information content (AvgIpc) is 4.05. The number of rotatable bonds is 10. The molecular weight excluding hydrogens is 772 g/mol. The van der Waals surface area contributed by atoms with Gasteiger partial charge in [0.15, 0.2) is 12.6 Å². The summed E-state index contributed by atoms with van der Waals surface area (Å²) in [5.41, 5.74) is 5.01. The molecule has 2 aliphatic rings. The summed E-state index contributed by atoms with van der Waals surface area (Å²) in [6.45, 7) is 1.98. The molecule has 0 bridgehead atoms. The first-order valence-electron chi connectivity index (χ1n) is 16.4. The van der Waals surface area contributed by atoms with Crippen molar-refractivity contribution in [3.05, 3.63) is 144 Å². The number of nitro groups is 2. The van der Waals surface area contributed by atoms with Crippen LogP contribution in [0.3, 0.4) is 0 Å². The summed E-state index contributed by atoms with van der Waals surface area (Å²) >= 11 is 8.79. The lowest BCUT2D eigenvalue weighted by Crippen LogP contribution is -2.02. The molecule has 1 amide bonds. The number of benzene rings is 4. The molecule has 0 radical (unpaired) electrons. The standard InChI is InChI=1S/C18H15N3O4S.C10H8N2OS.C9H8ClNO4/c22-21(23)16-11-13(18-24-7-8-25-18)4-5-15(16)20-14-3-1-2-12(10-14)17-19-6-9-26-17;13-7-12-9-3-1-2-8(6-9)10-11-4-5-14-10;10-7-2-1-6(5-8(7)11(12)13)9-14-3-4-15-9/h1-6,9-11,18,20H,7-8H2;1-7H,(H,12,13);1-2,5,9H,3-4H2. The van der Waals surface area contributed by atoms with Crippen molar-refractivity contribution >= 4 is 69.1 Å². The first kappa shape index (κ1) is 39.0. The van der Waals surface area contributed by atoms with Gasteiger partial charge in [0.25, 0.3) is 11.4 Å². The van der Waals surface area contributed by atoms with Gasteiger partial charge in [0, 0.05) is 68.9 Å². The molecule has 4 heterocycles. The molecule has 0 aliphatic carbocycles. The number of ether oxygens (including phenoxy) is 4. The van der Waals surface area contributed by atoms with Crippen molar-refractivity contribution in [2.45, 2.75) is 12.6 Å². The van der Waals surface area contributed by atoms with Crippen LogP contribution in [0.4, 0.5) is 28.4 Å². The monoisotopic (exact) mass is 802 g/mol. The Hall–Kier alpha value is -5.66. The van der Waals surface area contributed by atoms with Gasteiger partial charge in [0.2, 0.25) is 6.41 Å². The Balaban J connectivity index is 0.000000151. The summed E-state index contributed by atoms with van der Waals surface area (Å²) in [6.07, 6.45) is 3.12. The Morgan fingerprint density at radius 3 is 1.71 bits per heavy atom. The molecule has 4 aromatic carbocycles. The zero-order valence-electron chi connectivity index (χ0n) is 28.6. The van der Waals surface area contributed by atoms with E-state index in [1.807, 2.05) is 59.3 Å². The topological polar surface area (TPSA) is 190 Å². The van der Waals surface area contributed by atoms with E-state index in [0.717, 1.165) is 32.5 Å². The number of thiazole rings is 2. The average molecular weight is 803 g/mol. The number of hydrogen-bond acceptors (Lipinski definition) is 14. The highest BCUT2D eigenvalue weighted by Crippen LogP contribution is 2.35. The van der Waals surface area contributed by atoms with E-state index >= 15 is 0 Å². The third-order valence-corrected chi connectivity index (χ3v) is 9.73. The largest absolute Gasteiger partial charge is 0.350 e. The lowest BCUT2D eigenvalue weighted by Gasteiger charge is -2.12. The summed E-state index contributed by atoms with van der Waals surface area (Å²) in [5, 5.41) is 33.7. The van der Waals surface area contributed by atoms with Gasteiger partial charge in [-0.2, -0.15) is 0 Å². The molecule has 6 aromatic rings. The number of nitrogens with zero attached hydrogens (tertiary/aromatic N) is 4. The Morgan fingerprint density at radius 1 is 0.691 bits per heavy atom. The predicted molar refractivity (Wildman–Crippen MR) is 209 cm³/mol. The number of aromatic nitrogens is 2. The molecule has 0 saturated carbocycles. The van der Waals surface area contributed by atoms with Crippen LogP contribution in [0.2, 0.25) is 5.02 Å². The summed E-state index contributed by atoms with van der Waals surface area (Å²) in [6, 6.07) is 24.7. The molecule has 8 rings (SSSR count). The number of halogens is 1. The maximum Gasteiger partial charge on any atom is 0.293 e. The highest BCUT2D eigenvalue weighted by Gasteiger charge is 2.24. The van der Waals surface area contributed by atoms with Gasteiger partial charge in [0.1, 0.15) is 20.7 Å². The van der Waals surface area contributed by atoms with Crippen molar-refractivity contribution < 1.29 is 33.6 Å². The smallest absolute Gasteiger partial charge is 0.293 e. The quantitative estimate of drug-likeness (QED) is 0.0760. The number of hydrogen-bond donors (Lipinski definition) is 2. The summed E-state index contributed by atoms with van der Waals surface area (Å²) in [4.78, 5) is 39.9. The number of nitro benzene ring substituents is 2. The van der Waals surface area contributed by atoms with Crippen LogP contribution in [0.5, 0.6) is 0 Å². The van der Waals surface area contributed by atoms with Crippen LogP contribution in [0.15, 0.2) is 108 Å². The molecular formula is C37H31ClN6O9S2. The third-order valence-electron chi connectivity index (χ3n) is 7.76. The van der Waals surface area contributed by atoms with Gasteiger partial charge in [-0.3, -0.25) is 25.0 Å². The molecule has 2 N–H and O–H groups in total. The number of anilines is 3. The molecule has 0 spiro atoms. The van der Waals surface area contributed by atoms with Crippen LogP contribution in [0.25, 0.3) is 21.1 Å². The number of carbonyl (C=O) groups excluding carboxylic acids is 1. The normalized spacial score (nSPS) is 13.9. The van der Waals surface area contributed by atoms with E-state index < -0.39 is 22.4 Å². The molecule has 18 heteroatoms. The molecule has 0 atom stereocenters. The predicted octanol–water partition coefficient (Wildman–Crippen LogP) is 9.18. The Kier molecular flexibility index (Phi) is 13.5. The van der Waals surface area contributed by atoms with E-state index in [0.29, 0.717) is 49.7 Å². The van der Waals surface area contributed by atoms with Gasteiger partial charge in [-0.15, -0.1) is 22.7 Å². The molecule has 0 unspecified atom stereocenters. The van der Waals surface area contributed by atoms with E-state index in [-0.39, 0.29) is 16.4 Å². The minimum Gasteiger partial charge on any atom is -0.350 e. The van der Waals surface area contributed by atoms with Crippen LogP contribution < -0.4 is 10.6 Å². The summed E-state index contributed by atoms with van der Waals surface area (Å²) < 4.78 is 21.3. The van der Waals surface area contributed by atoms with Crippen molar-refractivity contribution in [1.82, 2.24) is 9.97 Å². The van der Waals surface area contributed by atoms with Gasteiger partial charge in [-0.1, -0.05) is 48.0 Å². The second kappa shape index (κ2) is 19.1. The fraction of sp³-hybridized carbons (Fsp3) is 0.162. The highest BCUT2D eigenvalue weighted by atomic mass is 35.5. The molecule has 2 saturated heterocycles. The SMILES string of the molecule is O=CNc1cccc(-c2nccs2)c1.O=[N+]([O-])c1cc(C2OCCO2)ccc1Cl.O=[N+]([O-])c1cc(C2OCCO2)ccc1Nc1cccc(-c2nccs2)c1. The Bertz CT molecular complexity index is 2220. The van der Waals surface area contributed by atoms with Crippen molar-refractivity contribution in [3.63, 3.8) is 0 Å². The Labute approximate surface area is 326 Å². The molecule has 55 heavy (non-hydrogen) atoms. The van der Waals surface area contributed by atoms with Crippen LogP contribution in [0.1, 0.15) is 23.7 Å². The van der Waals surface area contributed by atoms with E-state index in [4.69, 9.17) is 30.5 Å². The van der Waals surface area contributed by atoms with Crippen molar-refractivity contribution in [3.8, 4) is 21.1 Å². The van der Waals surface area contributed by atoms with Crippen molar-refractivity contribution in [2.75, 3.05) is 37.1 Å². The van der Waals surface area contributed by atoms with E-state index in [1.165, 1.54) is 18.2 Å².